The van der Waals surface area contributed by atoms with E-state index < -0.39 is 0 Å². The van der Waals surface area contributed by atoms with Crippen LogP contribution >= 0.6 is 27.3 Å². The quantitative estimate of drug-likeness (QED) is 0.669. The van der Waals surface area contributed by atoms with Crippen molar-refractivity contribution in [3.8, 4) is 0 Å². The van der Waals surface area contributed by atoms with Crippen molar-refractivity contribution < 1.29 is 0 Å². The van der Waals surface area contributed by atoms with Crippen molar-refractivity contribution >= 4 is 37.5 Å². The highest BCUT2D eigenvalue weighted by Crippen LogP contribution is 2.35. The molecule has 0 amide bonds. The lowest BCUT2D eigenvalue weighted by molar-refractivity contribution is 0.508. The molecule has 4 rings (SSSR count). The van der Waals surface area contributed by atoms with Gasteiger partial charge in [0.15, 0.2) is 4.83 Å². The van der Waals surface area contributed by atoms with Crippen LogP contribution in [0.15, 0.2) is 33.5 Å². The Hall–Kier alpha value is -1.53. The Labute approximate surface area is 146 Å². The van der Waals surface area contributed by atoms with Crippen LogP contribution in [0.3, 0.4) is 0 Å². The second-order valence-corrected chi connectivity index (χ2v) is 8.21. The molecule has 1 atom stereocenters. The molecule has 1 aromatic carbocycles. The fourth-order valence-electron chi connectivity index (χ4n) is 3.16. The molecule has 6 heteroatoms. The normalized spacial score (nSPS) is 17.4. The molecule has 1 aliphatic rings. The van der Waals surface area contributed by atoms with Crippen LogP contribution in [0, 0.1) is 5.92 Å². The van der Waals surface area contributed by atoms with Crippen molar-refractivity contribution in [1.82, 2.24) is 15.0 Å². The van der Waals surface area contributed by atoms with E-state index >= 15 is 0 Å². The van der Waals surface area contributed by atoms with Crippen LogP contribution < -0.4 is 5.56 Å². The molecule has 0 N–H and O–H groups in total. The van der Waals surface area contributed by atoms with Gasteiger partial charge in [0.05, 0.1) is 11.9 Å². The SMILES string of the molecule is CC1CCc2c(sc3nnn(Cc4ccc(Br)cc4)c(=O)c23)C1. The van der Waals surface area contributed by atoms with E-state index in [-0.39, 0.29) is 5.56 Å². The van der Waals surface area contributed by atoms with E-state index in [0.29, 0.717) is 12.5 Å². The summed E-state index contributed by atoms with van der Waals surface area (Å²) in [5.41, 5.74) is 2.25. The number of nitrogens with zero attached hydrogens (tertiary/aromatic N) is 3. The number of halogens is 1. The first-order valence-corrected chi connectivity index (χ1v) is 9.35. The lowest BCUT2D eigenvalue weighted by Crippen LogP contribution is -2.25. The molecular formula is C17H16BrN3OS. The smallest absolute Gasteiger partial charge is 0.267 e. The maximum atomic E-state index is 12.9. The molecule has 0 aliphatic heterocycles. The lowest BCUT2D eigenvalue weighted by Gasteiger charge is -2.17. The van der Waals surface area contributed by atoms with Crippen LogP contribution in [0.2, 0.25) is 0 Å². The molecule has 3 aromatic rings. The van der Waals surface area contributed by atoms with Crippen molar-refractivity contribution in [2.75, 3.05) is 0 Å². The van der Waals surface area contributed by atoms with Crippen molar-refractivity contribution in [2.45, 2.75) is 32.7 Å². The minimum atomic E-state index is -0.00929. The van der Waals surface area contributed by atoms with E-state index in [9.17, 15) is 4.79 Å². The molecule has 4 nitrogen and oxygen atoms in total. The second kappa shape index (κ2) is 5.83. The standard InChI is InChI=1S/C17H16BrN3OS/c1-10-2-7-13-14(8-10)23-16-15(13)17(22)21(20-19-16)9-11-3-5-12(18)6-4-11/h3-6,10H,2,7-9H2,1H3. The fraction of sp³-hybridized carbons (Fsp3) is 0.353. The van der Waals surface area contributed by atoms with Crippen molar-refractivity contribution in [2.24, 2.45) is 5.92 Å². The maximum absolute atomic E-state index is 12.9. The monoisotopic (exact) mass is 389 g/mol. The van der Waals surface area contributed by atoms with Gasteiger partial charge in [-0.25, -0.2) is 4.68 Å². The van der Waals surface area contributed by atoms with Gasteiger partial charge in [-0.1, -0.05) is 40.2 Å². The molecule has 1 aliphatic carbocycles. The predicted octanol–water partition coefficient (Wildman–Crippen LogP) is 3.79. The molecule has 0 bridgehead atoms. The Bertz CT molecular complexity index is 929. The van der Waals surface area contributed by atoms with Crippen LogP contribution in [0.25, 0.3) is 10.2 Å². The number of rotatable bonds is 2. The van der Waals surface area contributed by atoms with Crippen LogP contribution in [-0.4, -0.2) is 15.0 Å². The molecule has 0 saturated heterocycles. The number of thiophene rings is 1. The highest BCUT2D eigenvalue weighted by atomic mass is 79.9. The van der Waals surface area contributed by atoms with Gasteiger partial charge in [0.2, 0.25) is 0 Å². The van der Waals surface area contributed by atoms with Gasteiger partial charge in [-0.05, 0) is 48.4 Å². The minimum absolute atomic E-state index is 0.00929. The largest absolute Gasteiger partial charge is 0.279 e. The first kappa shape index (κ1) is 15.0. The van der Waals surface area contributed by atoms with Crippen LogP contribution in [0.1, 0.15) is 29.3 Å². The number of hydrogen-bond donors (Lipinski definition) is 0. The summed E-state index contributed by atoms with van der Waals surface area (Å²) >= 11 is 5.07. The Morgan fingerprint density at radius 1 is 1.35 bits per heavy atom. The summed E-state index contributed by atoms with van der Waals surface area (Å²) in [6, 6.07) is 7.93. The summed E-state index contributed by atoms with van der Waals surface area (Å²) in [6.07, 6.45) is 3.19. The third kappa shape index (κ3) is 2.74. The first-order valence-electron chi connectivity index (χ1n) is 7.74. The lowest BCUT2D eigenvalue weighted by atomic mass is 9.89. The molecule has 0 radical (unpaired) electrons. The Morgan fingerprint density at radius 3 is 2.91 bits per heavy atom. The molecule has 0 fully saturated rings. The predicted molar refractivity (Wildman–Crippen MR) is 96.1 cm³/mol. The van der Waals surface area contributed by atoms with Gasteiger partial charge in [-0.15, -0.1) is 16.4 Å². The zero-order valence-corrected chi connectivity index (χ0v) is 15.2. The number of hydrogen-bond acceptors (Lipinski definition) is 4. The molecule has 23 heavy (non-hydrogen) atoms. The highest BCUT2D eigenvalue weighted by molar-refractivity contribution is 9.10. The summed E-state index contributed by atoms with van der Waals surface area (Å²) in [5, 5.41) is 9.24. The Kier molecular flexibility index (Phi) is 3.81. The Balaban J connectivity index is 1.78. The third-order valence-corrected chi connectivity index (χ3v) is 6.10. The molecular weight excluding hydrogens is 374 g/mol. The topological polar surface area (TPSA) is 47.8 Å². The van der Waals surface area contributed by atoms with E-state index in [1.54, 1.807) is 11.3 Å². The number of benzene rings is 1. The fourth-order valence-corrected chi connectivity index (χ4v) is 4.74. The Morgan fingerprint density at radius 2 is 2.13 bits per heavy atom. The van der Waals surface area contributed by atoms with Gasteiger partial charge in [0.1, 0.15) is 0 Å². The number of fused-ring (bicyclic) bond motifs is 3. The molecule has 2 aromatic heterocycles. The van der Waals surface area contributed by atoms with E-state index in [1.165, 1.54) is 15.1 Å². The van der Waals surface area contributed by atoms with Gasteiger partial charge >= 0.3 is 0 Å². The van der Waals surface area contributed by atoms with Gasteiger partial charge in [0, 0.05) is 9.35 Å². The van der Waals surface area contributed by atoms with E-state index in [2.05, 4.69) is 33.2 Å². The van der Waals surface area contributed by atoms with Gasteiger partial charge in [-0.3, -0.25) is 4.79 Å². The van der Waals surface area contributed by atoms with Gasteiger partial charge < -0.3 is 0 Å². The average Bonchev–Trinajstić information content (AvgIpc) is 2.90. The molecule has 118 valence electrons. The van der Waals surface area contributed by atoms with E-state index in [0.717, 1.165) is 39.5 Å². The van der Waals surface area contributed by atoms with Crippen LogP contribution in [0.4, 0.5) is 0 Å². The average molecular weight is 390 g/mol. The van der Waals surface area contributed by atoms with Crippen molar-refractivity contribution in [1.29, 1.82) is 0 Å². The van der Waals surface area contributed by atoms with E-state index in [1.807, 2.05) is 24.3 Å². The first-order chi connectivity index (χ1) is 11.1. The number of aromatic nitrogens is 3. The molecule has 0 spiro atoms. The summed E-state index contributed by atoms with van der Waals surface area (Å²) in [4.78, 5) is 15.0. The second-order valence-electron chi connectivity index (χ2n) is 6.21. The summed E-state index contributed by atoms with van der Waals surface area (Å²) < 4.78 is 2.51. The molecule has 2 heterocycles. The zero-order valence-electron chi connectivity index (χ0n) is 12.8. The summed E-state index contributed by atoms with van der Waals surface area (Å²) in [6.45, 7) is 2.72. The van der Waals surface area contributed by atoms with Crippen LogP contribution in [-0.2, 0) is 19.4 Å². The van der Waals surface area contributed by atoms with E-state index in [4.69, 9.17) is 0 Å². The van der Waals surface area contributed by atoms with Gasteiger partial charge in [-0.2, -0.15) is 0 Å². The summed E-state index contributed by atoms with van der Waals surface area (Å²) in [7, 11) is 0. The third-order valence-electron chi connectivity index (χ3n) is 4.43. The van der Waals surface area contributed by atoms with Crippen molar-refractivity contribution in [3.05, 3.63) is 55.1 Å². The number of aryl methyl sites for hydroxylation is 1. The van der Waals surface area contributed by atoms with Crippen LogP contribution in [0.5, 0.6) is 0 Å². The summed E-state index contributed by atoms with van der Waals surface area (Å²) in [5.74, 6) is 0.688. The molecule has 0 saturated carbocycles. The minimum Gasteiger partial charge on any atom is -0.267 e. The zero-order chi connectivity index (χ0) is 16.0. The maximum Gasteiger partial charge on any atom is 0.279 e. The van der Waals surface area contributed by atoms with Crippen molar-refractivity contribution in [3.63, 3.8) is 0 Å². The molecule has 1 unspecified atom stereocenters. The van der Waals surface area contributed by atoms with Gasteiger partial charge in [0.25, 0.3) is 5.56 Å². The highest BCUT2D eigenvalue weighted by Gasteiger charge is 2.23.